The fourth-order valence-corrected chi connectivity index (χ4v) is 3.69. The average molecular weight is 382 g/mol. The normalized spacial score (nSPS) is 13.6. The van der Waals surface area contributed by atoms with Crippen LogP contribution in [0.5, 0.6) is 0 Å². The Hall–Kier alpha value is -3.47. The SMILES string of the molecule is Cc1cccc(Nc2ccc3nc(C4CC4)n(Cc4cccnc4)c(=O)c3c2)c1. The predicted octanol–water partition coefficient (Wildman–Crippen LogP) is 4.77. The van der Waals surface area contributed by atoms with Gasteiger partial charge < -0.3 is 5.32 Å². The van der Waals surface area contributed by atoms with E-state index in [-0.39, 0.29) is 5.56 Å². The number of rotatable bonds is 5. The fourth-order valence-electron chi connectivity index (χ4n) is 3.69. The minimum absolute atomic E-state index is 0.00800. The van der Waals surface area contributed by atoms with Gasteiger partial charge in [0.2, 0.25) is 0 Å². The number of hydrogen-bond acceptors (Lipinski definition) is 4. The largest absolute Gasteiger partial charge is 0.355 e. The van der Waals surface area contributed by atoms with Crippen LogP contribution in [-0.2, 0) is 6.54 Å². The van der Waals surface area contributed by atoms with Crippen LogP contribution in [0.3, 0.4) is 0 Å². The van der Waals surface area contributed by atoms with Gasteiger partial charge in [0.05, 0.1) is 17.4 Å². The Kier molecular flexibility index (Phi) is 4.35. The highest BCUT2D eigenvalue weighted by molar-refractivity contribution is 5.83. The van der Waals surface area contributed by atoms with Gasteiger partial charge in [-0.2, -0.15) is 0 Å². The molecule has 5 rings (SSSR count). The number of nitrogens with zero attached hydrogens (tertiary/aromatic N) is 3. The van der Waals surface area contributed by atoms with E-state index >= 15 is 0 Å². The highest BCUT2D eigenvalue weighted by Crippen LogP contribution is 2.39. The fraction of sp³-hybridized carbons (Fsp3) is 0.208. The van der Waals surface area contributed by atoms with E-state index in [2.05, 4.69) is 29.4 Å². The second-order valence-electron chi connectivity index (χ2n) is 7.72. The smallest absolute Gasteiger partial charge is 0.261 e. The Morgan fingerprint density at radius 3 is 2.69 bits per heavy atom. The van der Waals surface area contributed by atoms with E-state index < -0.39 is 0 Å². The van der Waals surface area contributed by atoms with Crippen LogP contribution in [-0.4, -0.2) is 14.5 Å². The molecular weight excluding hydrogens is 360 g/mol. The van der Waals surface area contributed by atoms with Crippen LogP contribution in [0.1, 0.15) is 35.7 Å². The van der Waals surface area contributed by atoms with Crippen molar-refractivity contribution in [3.63, 3.8) is 0 Å². The first-order chi connectivity index (χ1) is 14.2. The van der Waals surface area contributed by atoms with E-state index in [0.717, 1.165) is 41.1 Å². The average Bonchev–Trinajstić information content (AvgIpc) is 3.56. The van der Waals surface area contributed by atoms with Crippen molar-refractivity contribution in [2.75, 3.05) is 5.32 Å². The maximum absolute atomic E-state index is 13.4. The minimum atomic E-state index is 0.00800. The lowest BCUT2D eigenvalue weighted by atomic mass is 10.1. The zero-order valence-corrected chi connectivity index (χ0v) is 16.3. The van der Waals surface area contributed by atoms with Gasteiger partial charge in [0.1, 0.15) is 5.82 Å². The van der Waals surface area contributed by atoms with Gasteiger partial charge in [-0.3, -0.25) is 14.3 Å². The summed E-state index contributed by atoms with van der Waals surface area (Å²) >= 11 is 0. The van der Waals surface area contributed by atoms with Crippen LogP contribution in [0, 0.1) is 6.92 Å². The molecule has 0 saturated heterocycles. The van der Waals surface area contributed by atoms with Gasteiger partial charge in [0.15, 0.2) is 0 Å². The van der Waals surface area contributed by atoms with Crippen molar-refractivity contribution in [3.8, 4) is 0 Å². The summed E-state index contributed by atoms with van der Waals surface area (Å²) in [5.74, 6) is 1.28. The molecule has 29 heavy (non-hydrogen) atoms. The second kappa shape index (κ2) is 7.17. The number of aromatic nitrogens is 3. The summed E-state index contributed by atoms with van der Waals surface area (Å²) in [4.78, 5) is 22.5. The maximum Gasteiger partial charge on any atom is 0.261 e. The van der Waals surface area contributed by atoms with E-state index in [1.807, 2.05) is 53.2 Å². The van der Waals surface area contributed by atoms with Crippen LogP contribution in [0.4, 0.5) is 11.4 Å². The molecule has 1 aliphatic carbocycles. The van der Waals surface area contributed by atoms with Gasteiger partial charge >= 0.3 is 0 Å². The Morgan fingerprint density at radius 1 is 1.07 bits per heavy atom. The van der Waals surface area contributed by atoms with Crippen molar-refractivity contribution >= 4 is 22.3 Å². The van der Waals surface area contributed by atoms with Crippen molar-refractivity contribution in [2.24, 2.45) is 0 Å². The van der Waals surface area contributed by atoms with Crippen LogP contribution in [0.15, 0.2) is 71.8 Å². The first-order valence-electron chi connectivity index (χ1n) is 9.94. The molecule has 2 heterocycles. The quantitative estimate of drug-likeness (QED) is 0.540. The van der Waals surface area contributed by atoms with Gasteiger partial charge in [-0.25, -0.2) is 4.98 Å². The molecule has 0 spiro atoms. The standard InChI is InChI=1S/C24H22N4O/c1-16-4-2-6-19(12-16)26-20-9-10-22-21(13-20)24(29)28(23(27-22)18-7-8-18)15-17-5-3-11-25-14-17/h2-6,9-14,18,26H,7-8,15H2,1H3. The lowest BCUT2D eigenvalue weighted by Crippen LogP contribution is -2.25. The molecule has 1 aliphatic rings. The maximum atomic E-state index is 13.4. The third-order valence-electron chi connectivity index (χ3n) is 5.30. The number of aryl methyl sites for hydroxylation is 1. The zero-order valence-electron chi connectivity index (χ0n) is 16.3. The molecule has 0 aliphatic heterocycles. The van der Waals surface area contributed by atoms with E-state index in [9.17, 15) is 4.79 Å². The number of nitrogens with one attached hydrogen (secondary N) is 1. The van der Waals surface area contributed by atoms with Gasteiger partial charge in [-0.15, -0.1) is 0 Å². The summed E-state index contributed by atoms with van der Waals surface area (Å²) in [6, 6.07) is 17.9. The highest BCUT2D eigenvalue weighted by Gasteiger charge is 2.29. The minimum Gasteiger partial charge on any atom is -0.355 e. The number of pyridine rings is 1. The van der Waals surface area contributed by atoms with Gasteiger partial charge in [-0.1, -0.05) is 18.2 Å². The van der Waals surface area contributed by atoms with Crippen LogP contribution >= 0.6 is 0 Å². The zero-order chi connectivity index (χ0) is 19.8. The van der Waals surface area contributed by atoms with Crippen molar-refractivity contribution < 1.29 is 0 Å². The van der Waals surface area contributed by atoms with Crippen molar-refractivity contribution in [2.45, 2.75) is 32.2 Å². The van der Waals surface area contributed by atoms with E-state index in [0.29, 0.717) is 17.8 Å². The van der Waals surface area contributed by atoms with E-state index in [4.69, 9.17) is 4.98 Å². The number of hydrogen-bond donors (Lipinski definition) is 1. The third-order valence-corrected chi connectivity index (χ3v) is 5.30. The molecule has 0 atom stereocenters. The van der Waals surface area contributed by atoms with Crippen LogP contribution in [0.2, 0.25) is 0 Å². The number of benzene rings is 2. The first-order valence-corrected chi connectivity index (χ1v) is 9.94. The Balaban J connectivity index is 1.58. The molecule has 0 bridgehead atoms. The van der Waals surface area contributed by atoms with Crippen LogP contribution < -0.4 is 10.9 Å². The van der Waals surface area contributed by atoms with Gasteiger partial charge in [0, 0.05) is 29.7 Å². The monoisotopic (exact) mass is 382 g/mol. The topological polar surface area (TPSA) is 59.8 Å². The number of anilines is 2. The summed E-state index contributed by atoms with van der Waals surface area (Å²) in [6.45, 7) is 2.56. The van der Waals surface area contributed by atoms with Gasteiger partial charge in [-0.05, 0) is 67.3 Å². The molecule has 0 unspecified atom stereocenters. The highest BCUT2D eigenvalue weighted by atomic mass is 16.1. The molecule has 1 fully saturated rings. The van der Waals surface area contributed by atoms with Crippen molar-refractivity contribution in [1.82, 2.24) is 14.5 Å². The Morgan fingerprint density at radius 2 is 1.93 bits per heavy atom. The van der Waals surface area contributed by atoms with E-state index in [1.54, 1.807) is 6.20 Å². The molecule has 4 aromatic rings. The Labute approximate surface area is 169 Å². The molecule has 1 N–H and O–H groups in total. The van der Waals surface area contributed by atoms with Crippen molar-refractivity contribution in [1.29, 1.82) is 0 Å². The lowest BCUT2D eigenvalue weighted by Gasteiger charge is -2.14. The summed E-state index contributed by atoms with van der Waals surface area (Å²) < 4.78 is 1.83. The summed E-state index contributed by atoms with van der Waals surface area (Å²) in [6.07, 6.45) is 5.74. The molecular formula is C24H22N4O. The van der Waals surface area contributed by atoms with Crippen LogP contribution in [0.25, 0.3) is 10.9 Å². The molecule has 1 saturated carbocycles. The lowest BCUT2D eigenvalue weighted by molar-refractivity contribution is 0.679. The molecule has 0 radical (unpaired) electrons. The molecule has 2 aromatic heterocycles. The molecule has 5 heteroatoms. The second-order valence-corrected chi connectivity index (χ2v) is 7.72. The third kappa shape index (κ3) is 3.63. The van der Waals surface area contributed by atoms with E-state index in [1.165, 1.54) is 5.56 Å². The summed E-state index contributed by atoms with van der Waals surface area (Å²) in [7, 11) is 0. The number of fused-ring (bicyclic) bond motifs is 1. The molecule has 2 aromatic carbocycles. The molecule has 0 amide bonds. The molecule has 144 valence electrons. The Bertz CT molecular complexity index is 1240. The van der Waals surface area contributed by atoms with Gasteiger partial charge in [0.25, 0.3) is 5.56 Å². The van der Waals surface area contributed by atoms with Crippen molar-refractivity contribution in [3.05, 3.63) is 94.3 Å². The predicted molar refractivity (Wildman–Crippen MR) is 116 cm³/mol. The first kappa shape index (κ1) is 17.6. The summed E-state index contributed by atoms with van der Waals surface area (Å²) in [5.41, 5.74) is 4.84. The molecule has 5 nitrogen and oxygen atoms in total. The summed E-state index contributed by atoms with van der Waals surface area (Å²) in [5, 5.41) is 4.03.